The highest BCUT2D eigenvalue weighted by Gasteiger charge is 2.52. The SMILES string of the molecule is COc1cc2c(cc1OC)[C@@H](c1cc(OC)c(OC)c(OC)c1)[C@H]1C(=O)OC[C@@H]1C2Nc1ccc(F)cc1. The maximum absolute atomic E-state index is 13.6. The van der Waals surface area contributed by atoms with Gasteiger partial charge in [0.25, 0.3) is 0 Å². The van der Waals surface area contributed by atoms with Gasteiger partial charge in [-0.15, -0.1) is 0 Å². The van der Waals surface area contributed by atoms with E-state index in [1.54, 1.807) is 47.7 Å². The van der Waals surface area contributed by atoms with E-state index in [1.807, 2.05) is 24.3 Å². The van der Waals surface area contributed by atoms with Crippen LogP contribution in [0.3, 0.4) is 0 Å². The van der Waals surface area contributed by atoms with Crippen molar-refractivity contribution >= 4 is 11.7 Å². The number of nitrogens with one attached hydrogen (secondary N) is 1. The third kappa shape index (κ3) is 4.21. The second-order valence-electron chi connectivity index (χ2n) is 9.22. The van der Waals surface area contributed by atoms with E-state index >= 15 is 0 Å². The van der Waals surface area contributed by atoms with Crippen molar-refractivity contribution in [3.05, 3.63) is 71.0 Å². The second kappa shape index (κ2) is 10.3. The van der Waals surface area contributed by atoms with Crippen LogP contribution < -0.4 is 29.0 Å². The van der Waals surface area contributed by atoms with Gasteiger partial charge in [0, 0.05) is 17.5 Å². The van der Waals surface area contributed by atoms with Gasteiger partial charge in [0.1, 0.15) is 5.82 Å². The lowest BCUT2D eigenvalue weighted by Crippen LogP contribution is -2.37. The summed E-state index contributed by atoms with van der Waals surface area (Å²) >= 11 is 0. The number of carbonyl (C=O) groups excluding carboxylic acids is 1. The number of fused-ring (bicyclic) bond motifs is 2. The Labute approximate surface area is 220 Å². The summed E-state index contributed by atoms with van der Waals surface area (Å²) in [7, 11) is 7.81. The Bertz CT molecular complexity index is 1320. The molecule has 38 heavy (non-hydrogen) atoms. The summed E-state index contributed by atoms with van der Waals surface area (Å²) in [6.45, 7) is 0.233. The predicted molar refractivity (Wildman–Crippen MR) is 138 cm³/mol. The van der Waals surface area contributed by atoms with Crippen LogP contribution in [0.4, 0.5) is 10.1 Å². The maximum atomic E-state index is 13.6. The molecule has 3 aromatic rings. The van der Waals surface area contributed by atoms with Crippen LogP contribution in [0.25, 0.3) is 0 Å². The molecule has 200 valence electrons. The first-order chi connectivity index (χ1) is 18.4. The van der Waals surface area contributed by atoms with Crippen LogP contribution in [-0.2, 0) is 9.53 Å². The molecule has 2 aliphatic rings. The first kappa shape index (κ1) is 25.5. The molecule has 1 N–H and O–H groups in total. The van der Waals surface area contributed by atoms with Crippen molar-refractivity contribution in [3.8, 4) is 28.7 Å². The number of benzene rings is 3. The van der Waals surface area contributed by atoms with Crippen molar-refractivity contribution in [2.75, 3.05) is 47.5 Å². The number of hydrogen-bond acceptors (Lipinski definition) is 8. The molecule has 0 spiro atoms. The normalized spacial score (nSPS) is 21.6. The van der Waals surface area contributed by atoms with E-state index in [9.17, 15) is 9.18 Å². The summed E-state index contributed by atoms with van der Waals surface area (Å²) in [5, 5.41) is 3.52. The van der Waals surface area contributed by atoms with E-state index in [4.69, 9.17) is 28.4 Å². The van der Waals surface area contributed by atoms with Gasteiger partial charge in [-0.05, 0) is 65.2 Å². The average Bonchev–Trinajstić information content (AvgIpc) is 3.33. The Balaban J connectivity index is 1.74. The maximum Gasteiger partial charge on any atom is 0.310 e. The number of esters is 1. The van der Waals surface area contributed by atoms with E-state index in [0.717, 1.165) is 22.4 Å². The number of methoxy groups -OCH3 is 5. The summed E-state index contributed by atoms with van der Waals surface area (Å²) in [4.78, 5) is 13.3. The topological polar surface area (TPSA) is 84.5 Å². The molecular formula is C29H30FNO7. The van der Waals surface area contributed by atoms with Crippen LogP contribution in [0.2, 0.25) is 0 Å². The zero-order valence-electron chi connectivity index (χ0n) is 21.9. The Kier molecular flexibility index (Phi) is 6.93. The lowest BCUT2D eigenvalue weighted by Gasteiger charge is -2.40. The van der Waals surface area contributed by atoms with E-state index in [2.05, 4.69) is 5.32 Å². The number of cyclic esters (lactones) is 1. The molecule has 8 nitrogen and oxygen atoms in total. The minimum atomic E-state index is -0.513. The zero-order valence-corrected chi connectivity index (χ0v) is 21.9. The molecule has 1 heterocycles. The number of ether oxygens (including phenoxy) is 6. The molecule has 0 saturated carbocycles. The highest BCUT2D eigenvalue weighted by Crippen LogP contribution is 2.55. The van der Waals surface area contributed by atoms with Gasteiger partial charge in [0.15, 0.2) is 23.0 Å². The molecular weight excluding hydrogens is 493 g/mol. The molecule has 0 amide bonds. The minimum Gasteiger partial charge on any atom is -0.493 e. The molecule has 3 aromatic carbocycles. The lowest BCUT2D eigenvalue weighted by molar-refractivity contribution is -0.141. The molecule has 1 unspecified atom stereocenters. The second-order valence-corrected chi connectivity index (χ2v) is 9.22. The molecule has 4 atom stereocenters. The molecule has 0 aromatic heterocycles. The van der Waals surface area contributed by atoms with Crippen molar-refractivity contribution in [2.45, 2.75) is 12.0 Å². The molecule has 0 radical (unpaired) electrons. The van der Waals surface area contributed by atoms with Gasteiger partial charge >= 0.3 is 5.97 Å². The van der Waals surface area contributed by atoms with Crippen molar-refractivity contribution in [2.24, 2.45) is 11.8 Å². The molecule has 1 aliphatic carbocycles. The molecule has 1 aliphatic heterocycles. The van der Waals surface area contributed by atoms with Crippen LogP contribution in [0.1, 0.15) is 28.7 Å². The fraction of sp³-hybridized carbons (Fsp3) is 0.345. The monoisotopic (exact) mass is 523 g/mol. The predicted octanol–water partition coefficient (Wildman–Crippen LogP) is 4.96. The van der Waals surface area contributed by atoms with Crippen LogP contribution in [0, 0.1) is 17.7 Å². The molecule has 1 fully saturated rings. The van der Waals surface area contributed by atoms with Crippen LogP contribution in [0.15, 0.2) is 48.5 Å². The molecule has 1 saturated heterocycles. The van der Waals surface area contributed by atoms with Crippen molar-refractivity contribution in [1.29, 1.82) is 0 Å². The van der Waals surface area contributed by atoms with Gasteiger partial charge in [-0.1, -0.05) is 0 Å². The highest BCUT2D eigenvalue weighted by atomic mass is 19.1. The largest absolute Gasteiger partial charge is 0.493 e. The number of anilines is 1. The molecule has 5 rings (SSSR count). The average molecular weight is 524 g/mol. The van der Waals surface area contributed by atoms with Crippen molar-refractivity contribution < 1.29 is 37.6 Å². The third-order valence-corrected chi connectivity index (χ3v) is 7.41. The quantitative estimate of drug-likeness (QED) is 0.415. The Morgan fingerprint density at radius 1 is 0.789 bits per heavy atom. The van der Waals surface area contributed by atoms with Gasteiger partial charge in [-0.3, -0.25) is 4.79 Å². The minimum absolute atomic E-state index is 0.220. The summed E-state index contributed by atoms with van der Waals surface area (Å²) < 4.78 is 47.3. The first-order valence-electron chi connectivity index (χ1n) is 12.2. The summed E-state index contributed by atoms with van der Waals surface area (Å²) in [5.74, 6) is 0.776. The molecule has 9 heteroatoms. The summed E-state index contributed by atoms with van der Waals surface area (Å²) in [6.07, 6.45) is 0. The lowest BCUT2D eigenvalue weighted by atomic mass is 9.65. The summed E-state index contributed by atoms with van der Waals surface area (Å²) in [6, 6.07) is 13.4. The summed E-state index contributed by atoms with van der Waals surface area (Å²) in [5.41, 5.74) is 3.32. The fourth-order valence-corrected chi connectivity index (χ4v) is 5.69. The van der Waals surface area contributed by atoms with Crippen LogP contribution in [0.5, 0.6) is 28.7 Å². The van der Waals surface area contributed by atoms with E-state index in [-0.39, 0.29) is 30.4 Å². The van der Waals surface area contributed by atoms with E-state index < -0.39 is 11.8 Å². The Morgan fingerprint density at radius 2 is 1.37 bits per heavy atom. The zero-order chi connectivity index (χ0) is 27.0. The Morgan fingerprint density at radius 3 is 1.92 bits per heavy atom. The Hall–Kier alpha value is -4.14. The van der Waals surface area contributed by atoms with E-state index in [1.165, 1.54) is 12.1 Å². The van der Waals surface area contributed by atoms with Gasteiger partial charge in [0.05, 0.1) is 54.1 Å². The van der Waals surface area contributed by atoms with Crippen molar-refractivity contribution in [1.82, 2.24) is 0 Å². The molecule has 0 bridgehead atoms. The fourth-order valence-electron chi connectivity index (χ4n) is 5.69. The number of rotatable bonds is 8. The van der Waals surface area contributed by atoms with Crippen LogP contribution >= 0.6 is 0 Å². The van der Waals surface area contributed by atoms with Gasteiger partial charge in [0.2, 0.25) is 5.75 Å². The van der Waals surface area contributed by atoms with E-state index in [0.29, 0.717) is 28.7 Å². The van der Waals surface area contributed by atoms with Gasteiger partial charge < -0.3 is 33.7 Å². The standard InChI is InChI=1S/C29H30FNO7/c1-33-21-12-18-19(13-22(21)34-2)27(31-17-8-6-16(30)7-9-17)20-14-38-29(32)26(20)25(18)15-10-23(35-3)28(37-5)24(11-15)36-4/h6-13,20,25-27,31H,14H2,1-5H3/t20-,25+,26-,27?/m0/s1. The first-order valence-corrected chi connectivity index (χ1v) is 12.2. The smallest absolute Gasteiger partial charge is 0.310 e. The number of halogens is 1. The van der Waals surface area contributed by atoms with Gasteiger partial charge in [-0.25, -0.2) is 4.39 Å². The highest BCUT2D eigenvalue weighted by molar-refractivity contribution is 5.79. The third-order valence-electron chi connectivity index (χ3n) is 7.41. The number of hydrogen-bond donors (Lipinski definition) is 1. The van der Waals surface area contributed by atoms with Crippen molar-refractivity contribution in [3.63, 3.8) is 0 Å². The van der Waals surface area contributed by atoms with Crippen LogP contribution in [-0.4, -0.2) is 48.1 Å². The number of carbonyl (C=O) groups is 1. The van der Waals surface area contributed by atoms with Gasteiger partial charge in [-0.2, -0.15) is 0 Å².